The number of methoxy groups -OCH3 is 1. The van der Waals surface area contributed by atoms with Crippen LogP contribution < -0.4 is 4.74 Å². The molecular weight excluding hydrogens is 442 g/mol. The number of rotatable bonds is 6. The Morgan fingerprint density at radius 2 is 2.18 bits per heavy atom. The lowest BCUT2D eigenvalue weighted by atomic mass is 9.54. The first-order valence-electron chi connectivity index (χ1n) is 12.7. The van der Waals surface area contributed by atoms with E-state index in [0.717, 1.165) is 62.1 Å². The van der Waals surface area contributed by atoms with Gasteiger partial charge in [0, 0.05) is 29.3 Å². The van der Waals surface area contributed by atoms with Crippen LogP contribution in [-0.2, 0) is 17.8 Å². The van der Waals surface area contributed by atoms with Crippen LogP contribution in [0.15, 0.2) is 41.2 Å². The number of Topliss-reactive ketones (excluding diaryl/α,β-unsaturated/α-hetero) is 1. The predicted molar refractivity (Wildman–Crippen MR) is 134 cm³/mol. The molecule has 6 rings (SSSR count). The third-order valence-electron chi connectivity index (χ3n) is 9.10. The van der Waals surface area contributed by atoms with Crippen molar-refractivity contribution in [2.45, 2.75) is 64.3 Å². The first kappa shape index (κ1) is 22.0. The Kier molecular flexibility index (Phi) is 5.59. The van der Waals surface area contributed by atoms with E-state index in [9.17, 15) is 4.79 Å². The van der Waals surface area contributed by atoms with Crippen molar-refractivity contribution in [2.75, 3.05) is 7.11 Å². The van der Waals surface area contributed by atoms with E-state index in [1.54, 1.807) is 18.4 Å². The molecule has 0 saturated heterocycles. The number of thiophene rings is 1. The van der Waals surface area contributed by atoms with E-state index in [2.05, 4.69) is 58.5 Å². The van der Waals surface area contributed by atoms with E-state index < -0.39 is 0 Å². The number of aromatic nitrogens is 3. The highest BCUT2D eigenvalue weighted by Gasteiger charge is 2.58. The minimum absolute atomic E-state index is 0.130. The van der Waals surface area contributed by atoms with Crippen molar-refractivity contribution < 1.29 is 9.53 Å². The molecule has 3 aliphatic carbocycles. The summed E-state index contributed by atoms with van der Waals surface area (Å²) < 4.78 is 7.45. The van der Waals surface area contributed by atoms with Crippen LogP contribution in [0.3, 0.4) is 0 Å². The molecule has 6 heteroatoms. The molecule has 0 radical (unpaired) electrons. The van der Waals surface area contributed by atoms with Gasteiger partial charge >= 0.3 is 0 Å². The minimum atomic E-state index is -0.130. The molecule has 34 heavy (non-hydrogen) atoms. The van der Waals surface area contributed by atoms with Gasteiger partial charge in [0.2, 0.25) is 0 Å². The zero-order valence-corrected chi connectivity index (χ0v) is 20.9. The molecule has 3 aliphatic rings. The molecule has 178 valence electrons. The third-order valence-corrected chi connectivity index (χ3v) is 9.78. The van der Waals surface area contributed by atoms with Crippen molar-refractivity contribution in [2.24, 2.45) is 23.2 Å². The Hall–Kier alpha value is -2.47. The molecule has 0 amide bonds. The summed E-state index contributed by atoms with van der Waals surface area (Å²) in [4.78, 5) is 13.3. The lowest BCUT2D eigenvalue weighted by molar-refractivity contribution is -0.129. The number of nitrogens with zero attached hydrogens (tertiary/aromatic N) is 3. The van der Waals surface area contributed by atoms with Crippen LogP contribution >= 0.6 is 11.3 Å². The first-order chi connectivity index (χ1) is 16.6. The summed E-state index contributed by atoms with van der Waals surface area (Å²) in [7, 11) is 1.75. The highest BCUT2D eigenvalue weighted by molar-refractivity contribution is 7.08. The van der Waals surface area contributed by atoms with Gasteiger partial charge in [-0.1, -0.05) is 18.2 Å². The molecule has 2 aromatic heterocycles. The number of fused-ring (bicyclic) bond motifs is 5. The lowest BCUT2D eigenvalue weighted by Gasteiger charge is -2.50. The highest BCUT2D eigenvalue weighted by Crippen LogP contribution is 2.62. The van der Waals surface area contributed by atoms with Crippen LogP contribution in [0.25, 0.3) is 11.3 Å². The molecule has 2 saturated carbocycles. The maximum atomic E-state index is 13.3. The monoisotopic (exact) mass is 475 g/mol. The second kappa shape index (κ2) is 8.63. The van der Waals surface area contributed by atoms with Gasteiger partial charge in [-0.25, -0.2) is 0 Å². The smallest absolute Gasteiger partial charge is 0.139 e. The molecule has 0 aliphatic heterocycles. The topological polar surface area (TPSA) is 57.0 Å². The average molecular weight is 476 g/mol. The number of benzene rings is 1. The fraction of sp³-hybridized carbons (Fsp3) is 0.536. The first-order valence-corrected chi connectivity index (χ1v) is 13.6. The van der Waals surface area contributed by atoms with Crippen molar-refractivity contribution in [3.8, 4) is 17.0 Å². The van der Waals surface area contributed by atoms with Crippen LogP contribution in [-0.4, -0.2) is 27.9 Å². The molecule has 5 nitrogen and oxygen atoms in total. The molecule has 0 N–H and O–H groups in total. The van der Waals surface area contributed by atoms with Gasteiger partial charge in [-0.2, -0.15) is 11.3 Å². The summed E-state index contributed by atoms with van der Waals surface area (Å²) in [5.41, 5.74) is 4.92. The van der Waals surface area contributed by atoms with Crippen LogP contribution in [0.1, 0.15) is 62.5 Å². The normalized spacial score (nSPS) is 30.0. The van der Waals surface area contributed by atoms with Crippen molar-refractivity contribution >= 4 is 17.1 Å². The van der Waals surface area contributed by atoms with E-state index in [1.165, 1.54) is 17.5 Å². The standard InChI is InChI=1S/C28H33N3O2S/c1-28-11-9-23-22-8-6-21(33-2)14-18(22)5-7-24(23)27(28)19(15-26(28)32)4-3-12-31-16-25(29-30-31)20-10-13-34-17-20/h6,8,10,13-14,16-17,19,23-24,27H,3-5,7,9,11-12,15H2,1-2H3/t19-,23-,24-,27+,28-/m1/s1. The fourth-order valence-electron chi connectivity index (χ4n) is 7.48. The summed E-state index contributed by atoms with van der Waals surface area (Å²) in [6.07, 6.45) is 9.42. The number of ether oxygens (including phenoxy) is 1. The number of carbonyl (C=O) groups excluding carboxylic acids is 1. The van der Waals surface area contributed by atoms with Crippen LogP contribution in [0, 0.1) is 23.2 Å². The largest absolute Gasteiger partial charge is 0.497 e. The molecule has 2 heterocycles. The highest BCUT2D eigenvalue weighted by atomic mass is 32.1. The molecule has 0 unspecified atom stereocenters. The van der Waals surface area contributed by atoms with Gasteiger partial charge in [0.15, 0.2) is 0 Å². The molecule has 1 aromatic carbocycles. The zero-order chi connectivity index (χ0) is 23.3. The lowest BCUT2D eigenvalue weighted by Crippen LogP contribution is -2.44. The van der Waals surface area contributed by atoms with E-state index in [1.807, 2.05) is 4.68 Å². The van der Waals surface area contributed by atoms with Gasteiger partial charge < -0.3 is 4.74 Å². The van der Waals surface area contributed by atoms with Crippen LogP contribution in [0.5, 0.6) is 5.75 Å². The second-order valence-electron chi connectivity index (χ2n) is 10.8. The average Bonchev–Trinajstić information content (AvgIpc) is 3.59. The Labute approximate surface area is 205 Å². The Balaban J connectivity index is 1.17. The van der Waals surface area contributed by atoms with Crippen LogP contribution in [0.4, 0.5) is 0 Å². The third kappa shape index (κ3) is 3.62. The Morgan fingerprint density at radius 1 is 1.26 bits per heavy atom. The van der Waals surface area contributed by atoms with Crippen molar-refractivity contribution in [1.29, 1.82) is 0 Å². The van der Waals surface area contributed by atoms with Gasteiger partial charge in [-0.3, -0.25) is 9.48 Å². The van der Waals surface area contributed by atoms with E-state index in [-0.39, 0.29) is 5.41 Å². The van der Waals surface area contributed by atoms with Crippen molar-refractivity contribution in [3.63, 3.8) is 0 Å². The summed E-state index contributed by atoms with van der Waals surface area (Å²) in [6.45, 7) is 3.15. The molecule has 3 aromatic rings. The van der Waals surface area contributed by atoms with Crippen molar-refractivity contribution in [3.05, 3.63) is 52.3 Å². The maximum absolute atomic E-state index is 13.3. The van der Waals surface area contributed by atoms with Gasteiger partial charge in [-0.15, -0.1) is 5.10 Å². The Bertz CT molecular complexity index is 1190. The van der Waals surface area contributed by atoms with Crippen molar-refractivity contribution in [1.82, 2.24) is 15.0 Å². The second-order valence-corrected chi connectivity index (χ2v) is 11.5. The number of ketones is 1. The summed E-state index contributed by atoms with van der Waals surface area (Å²) >= 11 is 1.68. The van der Waals surface area contributed by atoms with E-state index in [0.29, 0.717) is 29.5 Å². The number of aryl methyl sites for hydroxylation is 2. The number of carbonyl (C=O) groups is 1. The number of hydrogen-bond donors (Lipinski definition) is 0. The predicted octanol–water partition coefficient (Wildman–Crippen LogP) is 6.15. The summed E-state index contributed by atoms with van der Waals surface area (Å²) in [5, 5.41) is 12.9. The van der Waals surface area contributed by atoms with Gasteiger partial charge in [0.25, 0.3) is 0 Å². The van der Waals surface area contributed by atoms with Crippen LogP contribution in [0.2, 0.25) is 0 Å². The molecule has 2 fully saturated rings. The van der Waals surface area contributed by atoms with E-state index in [4.69, 9.17) is 4.74 Å². The summed E-state index contributed by atoms with van der Waals surface area (Å²) in [6, 6.07) is 8.74. The van der Waals surface area contributed by atoms with Gasteiger partial charge in [0.05, 0.1) is 13.3 Å². The SMILES string of the molecule is COc1ccc2c(c1)CC[C@H]1[C@@H]3[C@H](CCCn4cc(-c5ccsc5)nn4)CC(=O)[C@@]3(C)CC[C@H]21. The quantitative estimate of drug-likeness (QED) is 0.429. The maximum Gasteiger partial charge on any atom is 0.139 e. The Morgan fingerprint density at radius 3 is 3.00 bits per heavy atom. The fourth-order valence-corrected chi connectivity index (χ4v) is 8.13. The minimum Gasteiger partial charge on any atom is -0.497 e. The molecule has 0 spiro atoms. The molecular formula is C28H33N3O2S. The molecule has 5 atom stereocenters. The molecule has 0 bridgehead atoms. The van der Waals surface area contributed by atoms with Gasteiger partial charge in [-0.05, 0) is 96.9 Å². The number of hydrogen-bond acceptors (Lipinski definition) is 5. The van der Waals surface area contributed by atoms with Gasteiger partial charge in [0.1, 0.15) is 17.2 Å². The summed E-state index contributed by atoms with van der Waals surface area (Å²) in [5.74, 6) is 3.68. The van der Waals surface area contributed by atoms with E-state index >= 15 is 0 Å². The zero-order valence-electron chi connectivity index (χ0n) is 20.1.